The van der Waals surface area contributed by atoms with E-state index in [0.717, 1.165) is 11.3 Å². The quantitative estimate of drug-likeness (QED) is 0.898. The second-order valence-electron chi connectivity index (χ2n) is 7.04. The maximum Gasteiger partial charge on any atom is 0.238 e. The molecule has 22 heavy (non-hydrogen) atoms. The van der Waals surface area contributed by atoms with Crippen LogP contribution in [0.25, 0.3) is 0 Å². The maximum absolute atomic E-state index is 12.3. The standard InChI is InChI=1S/C18H27N3O/c1-12-4-5-13(2)17(8-12)20-18(22)11-21(3)16-9-14-6-7-15(10-16)19-14/h4-5,8,14-16,19H,6-7,9-11H2,1-3H3,(H,20,22). The highest BCUT2D eigenvalue weighted by atomic mass is 16.2. The van der Waals surface area contributed by atoms with Gasteiger partial charge >= 0.3 is 0 Å². The Balaban J connectivity index is 1.56. The summed E-state index contributed by atoms with van der Waals surface area (Å²) in [4.78, 5) is 14.6. The number of carbonyl (C=O) groups is 1. The first-order valence-corrected chi connectivity index (χ1v) is 8.34. The van der Waals surface area contributed by atoms with E-state index < -0.39 is 0 Å². The summed E-state index contributed by atoms with van der Waals surface area (Å²) in [6.07, 6.45) is 4.93. The van der Waals surface area contributed by atoms with E-state index in [0.29, 0.717) is 24.7 Å². The van der Waals surface area contributed by atoms with E-state index in [9.17, 15) is 4.79 Å². The molecule has 1 amide bonds. The maximum atomic E-state index is 12.3. The van der Waals surface area contributed by atoms with Crippen LogP contribution in [0.3, 0.4) is 0 Å². The Hall–Kier alpha value is -1.39. The number of aryl methyl sites for hydroxylation is 2. The Labute approximate surface area is 133 Å². The average molecular weight is 301 g/mol. The molecule has 2 N–H and O–H groups in total. The minimum Gasteiger partial charge on any atom is -0.325 e. The molecule has 0 radical (unpaired) electrons. The molecule has 2 saturated heterocycles. The molecule has 120 valence electrons. The molecule has 2 atom stereocenters. The second-order valence-corrected chi connectivity index (χ2v) is 7.04. The van der Waals surface area contributed by atoms with Crippen molar-refractivity contribution >= 4 is 11.6 Å². The number of fused-ring (bicyclic) bond motifs is 2. The number of anilines is 1. The molecule has 2 fully saturated rings. The first kappa shape index (κ1) is 15.5. The Morgan fingerprint density at radius 2 is 1.95 bits per heavy atom. The van der Waals surface area contributed by atoms with Crippen LogP contribution >= 0.6 is 0 Å². The van der Waals surface area contributed by atoms with Crippen LogP contribution in [-0.2, 0) is 4.79 Å². The Morgan fingerprint density at radius 3 is 2.64 bits per heavy atom. The molecule has 4 heteroatoms. The van der Waals surface area contributed by atoms with Gasteiger partial charge in [-0.05, 0) is 63.8 Å². The first-order valence-electron chi connectivity index (χ1n) is 8.34. The molecule has 4 nitrogen and oxygen atoms in total. The average Bonchev–Trinajstić information content (AvgIpc) is 2.81. The lowest BCUT2D eigenvalue weighted by molar-refractivity contribution is -0.117. The molecule has 0 saturated carbocycles. The zero-order valence-corrected chi connectivity index (χ0v) is 13.9. The van der Waals surface area contributed by atoms with Gasteiger partial charge in [-0.3, -0.25) is 9.69 Å². The van der Waals surface area contributed by atoms with Crippen molar-refractivity contribution in [3.05, 3.63) is 29.3 Å². The topological polar surface area (TPSA) is 44.4 Å². The number of likely N-dealkylation sites (N-methyl/N-ethyl adjacent to an activating group) is 1. The van der Waals surface area contributed by atoms with Crippen molar-refractivity contribution in [2.24, 2.45) is 0 Å². The van der Waals surface area contributed by atoms with E-state index in [-0.39, 0.29) is 5.91 Å². The van der Waals surface area contributed by atoms with Gasteiger partial charge in [0.25, 0.3) is 0 Å². The third-order valence-corrected chi connectivity index (χ3v) is 5.13. The molecule has 0 spiro atoms. The van der Waals surface area contributed by atoms with Crippen LogP contribution < -0.4 is 10.6 Å². The molecule has 3 rings (SSSR count). The number of hydrogen-bond donors (Lipinski definition) is 2. The highest BCUT2D eigenvalue weighted by molar-refractivity contribution is 5.93. The van der Waals surface area contributed by atoms with E-state index in [1.807, 2.05) is 19.9 Å². The number of amides is 1. The van der Waals surface area contributed by atoms with Gasteiger partial charge < -0.3 is 10.6 Å². The molecular formula is C18H27N3O. The monoisotopic (exact) mass is 301 g/mol. The summed E-state index contributed by atoms with van der Waals surface area (Å²) < 4.78 is 0. The molecule has 1 aromatic carbocycles. The van der Waals surface area contributed by atoms with Gasteiger partial charge in [-0.15, -0.1) is 0 Å². The molecule has 2 unspecified atom stereocenters. The van der Waals surface area contributed by atoms with Crippen molar-refractivity contribution < 1.29 is 4.79 Å². The lowest BCUT2D eigenvalue weighted by Gasteiger charge is -2.35. The summed E-state index contributed by atoms with van der Waals surface area (Å²) in [5, 5.41) is 6.72. The SMILES string of the molecule is Cc1ccc(C)c(NC(=O)CN(C)C2CC3CCC(C2)N3)c1. The van der Waals surface area contributed by atoms with Crippen molar-refractivity contribution in [1.82, 2.24) is 10.2 Å². The minimum atomic E-state index is 0.0853. The highest BCUT2D eigenvalue weighted by Gasteiger charge is 2.35. The van der Waals surface area contributed by atoms with E-state index in [2.05, 4.69) is 34.7 Å². The van der Waals surface area contributed by atoms with Gasteiger partial charge in [-0.1, -0.05) is 12.1 Å². The molecule has 0 aliphatic carbocycles. The van der Waals surface area contributed by atoms with Crippen LogP contribution in [0.2, 0.25) is 0 Å². The van der Waals surface area contributed by atoms with Gasteiger partial charge in [0.05, 0.1) is 6.54 Å². The fourth-order valence-electron chi connectivity index (χ4n) is 3.80. The summed E-state index contributed by atoms with van der Waals surface area (Å²) in [6, 6.07) is 8.02. The number of hydrogen-bond acceptors (Lipinski definition) is 3. The number of nitrogens with zero attached hydrogens (tertiary/aromatic N) is 1. The van der Waals surface area contributed by atoms with Crippen LogP contribution in [0.5, 0.6) is 0 Å². The summed E-state index contributed by atoms with van der Waals surface area (Å²) in [5.41, 5.74) is 3.22. The third kappa shape index (κ3) is 3.50. The predicted molar refractivity (Wildman–Crippen MR) is 90.1 cm³/mol. The van der Waals surface area contributed by atoms with Crippen LogP contribution in [0, 0.1) is 13.8 Å². The van der Waals surface area contributed by atoms with Crippen LogP contribution in [0.1, 0.15) is 36.8 Å². The molecule has 2 bridgehead atoms. The second kappa shape index (κ2) is 6.39. The summed E-state index contributed by atoms with van der Waals surface area (Å²) in [6.45, 7) is 4.55. The Morgan fingerprint density at radius 1 is 1.27 bits per heavy atom. The third-order valence-electron chi connectivity index (χ3n) is 5.13. The lowest BCUT2D eigenvalue weighted by Crippen LogP contribution is -2.48. The summed E-state index contributed by atoms with van der Waals surface area (Å²) in [7, 11) is 2.08. The Kier molecular flexibility index (Phi) is 4.50. The predicted octanol–water partition coefficient (Wildman–Crippen LogP) is 2.46. The largest absolute Gasteiger partial charge is 0.325 e. The number of rotatable bonds is 4. The molecule has 0 aromatic heterocycles. The van der Waals surface area contributed by atoms with Crippen molar-refractivity contribution in [1.29, 1.82) is 0 Å². The fraction of sp³-hybridized carbons (Fsp3) is 0.611. The van der Waals surface area contributed by atoms with Gasteiger partial charge in [0, 0.05) is 23.8 Å². The lowest BCUT2D eigenvalue weighted by atomic mass is 9.98. The van der Waals surface area contributed by atoms with E-state index >= 15 is 0 Å². The van der Waals surface area contributed by atoms with Crippen LogP contribution in [-0.4, -0.2) is 42.5 Å². The van der Waals surface area contributed by atoms with Crippen molar-refractivity contribution in [2.75, 3.05) is 18.9 Å². The summed E-state index contributed by atoms with van der Waals surface area (Å²) >= 11 is 0. The van der Waals surface area contributed by atoms with Gasteiger partial charge in [0.15, 0.2) is 0 Å². The van der Waals surface area contributed by atoms with Gasteiger partial charge in [0.1, 0.15) is 0 Å². The van der Waals surface area contributed by atoms with Gasteiger partial charge in [0.2, 0.25) is 5.91 Å². The normalized spacial score (nSPS) is 27.2. The highest BCUT2D eigenvalue weighted by Crippen LogP contribution is 2.29. The molecular weight excluding hydrogens is 274 g/mol. The first-order chi connectivity index (χ1) is 10.5. The number of nitrogens with one attached hydrogen (secondary N) is 2. The molecule has 2 aliphatic heterocycles. The van der Waals surface area contributed by atoms with Crippen molar-refractivity contribution in [3.63, 3.8) is 0 Å². The zero-order chi connectivity index (χ0) is 15.7. The van der Waals surface area contributed by atoms with Crippen LogP contribution in [0.15, 0.2) is 18.2 Å². The van der Waals surface area contributed by atoms with E-state index in [4.69, 9.17) is 0 Å². The van der Waals surface area contributed by atoms with Gasteiger partial charge in [-0.25, -0.2) is 0 Å². The van der Waals surface area contributed by atoms with E-state index in [1.54, 1.807) is 0 Å². The van der Waals surface area contributed by atoms with Gasteiger partial charge in [-0.2, -0.15) is 0 Å². The van der Waals surface area contributed by atoms with E-state index in [1.165, 1.54) is 31.2 Å². The number of carbonyl (C=O) groups excluding carboxylic acids is 1. The smallest absolute Gasteiger partial charge is 0.238 e. The minimum absolute atomic E-state index is 0.0853. The molecule has 2 aliphatic rings. The number of piperidine rings is 1. The zero-order valence-electron chi connectivity index (χ0n) is 13.9. The van der Waals surface area contributed by atoms with Crippen LogP contribution in [0.4, 0.5) is 5.69 Å². The fourth-order valence-corrected chi connectivity index (χ4v) is 3.80. The number of benzene rings is 1. The Bertz CT molecular complexity index is 545. The molecule has 1 aromatic rings. The van der Waals surface area contributed by atoms with Crippen molar-refractivity contribution in [2.45, 2.75) is 57.7 Å². The molecule has 2 heterocycles. The van der Waals surface area contributed by atoms with Crippen molar-refractivity contribution in [3.8, 4) is 0 Å². The summed E-state index contributed by atoms with van der Waals surface area (Å²) in [5.74, 6) is 0.0853.